The lowest BCUT2D eigenvalue weighted by Gasteiger charge is -2.36. The Hall–Kier alpha value is -3.05. The van der Waals surface area contributed by atoms with Crippen molar-refractivity contribution in [1.29, 1.82) is 0 Å². The van der Waals surface area contributed by atoms with E-state index in [1.165, 1.54) is 179 Å². The van der Waals surface area contributed by atoms with Gasteiger partial charge in [-0.05, 0) is 92.8 Å². The summed E-state index contributed by atoms with van der Waals surface area (Å²) >= 11 is 6.69. The number of hydrogen-bond donors (Lipinski definition) is 0. The second kappa shape index (κ2) is 31.9. The molecule has 5 heterocycles. The number of Topliss-reactive ketones (excluding diaryl/α,β-unsaturated/α-hetero) is 1. The maximum absolute atomic E-state index is 17.4. The summed E-state index contributed by atoms with van der Waals surface area (Å²) < 4.78 is 34.6. The normalized spacial score (nSPS) is 14.0. The number of rotatable bonds is 40. The summed E-state index contributed by atoms with van der Waals surface area (Å²) in [5.41, 5.74) is 2.77. The van der Waals surface area contributed by atoms with Gasteiger partial charge in [0.25, 0.3) is 0 Å². The molecule has 448 valence electrons. The van der Waals surface area contributed by atoms with Crippen LogP contribution in [0.5, 0.6) is 0 Å². The number of carbonyl (C=O) groups is 1. The molecule has 0 radical (unpaired) electrons. The monoisotopic (exact) mass is 1180 g/mol. The number of carbonyl (C=O) groups excluding carboxylic acids is 1. The predicted molar refractivity (Wildman–Crippen MR) is 353 cm³/mol. The van der Waals surface area contributed by atoms with Crippen LogP contribution in [0.1, 0.15) is 307 Å². The van der Waals surface area contributed by atoms with Gasteiger partial charge in [-0.2, -0.15) is 15.0 Å². The molecule has 0 N–H and O–H groups in total. The quantitative estimate of drug-likeness (QED) is 0.0360. The highest BCUT2D eigenvalue weighted by Gasteiger charge is 2.48. The van der Waals surface area contributed by atoms with Gasteiger partial charge in [0.1, 0.15) is 11.0 Å². The second-order valence-electron chi connectivity index (χ2n) is 25.3. The van der Waals surface area contributed by atoms with E-state index < -0.39 is 17.0 Å². The number of hydrogen-bond acceptors (Lipinski definition) is 7. The van der Waals surface area contributed by atoms with Gasteiger partial charge in [0, 0.05) is 50.5 Å². The van der Waals surface area contributed by atoms with Gasteiger partial charge in [0.15, 0.2) is 17.4 Å². The Labute approximate surface area is 506 Å². The van der Waals surface area contributed by atoms with E-state index in [-0.39, 0.29) is 22.0 Å². The molecule has 0 aliphatic heterocycles. The van der Waals surface area contributed by atoms with Gasteiger partial charge >= 0.3 is 0 Å². The molecule has 0 saturated carbocycles. The van der Waals surface area contributed by atoms with Crippen LogP contribution < -0.4 is 0 Å². The van der Waals surface area contributed by atoms with Gasteiger partial charge in [0.05, 0.1) is 28.0 Å². The minimum atomic E-state index is -0.878. The lowest BCUT2D eigenvalue weighted by atomic mass is 9.65. The SMILES string of the molecule is CCCCCCCCCCCCC1(CCCCCCCCCCCC)C(=O)c2cc(-c3ccc(-c4c(F)c(F)c(-c5ccc(C(C)(CC)CC)s5)c5nn(CC(C)CCCCCCCC)nc45)s3)sc2-c2sc(C(C)(CC)CC)cc21. The van der Waals surface area contributed by atoms with Crippen molar-refractivity contribution in [3.05, 3.63) is 68.9 Å². The zero-order chi connectivity index (χ0) is 58.0. The Morgan fingerprint density at radius 1 is 0.494 bits per heavy atom. The Kier molecular flexibility index (Phi) is 25.8. The highest BCUT2D eigenvalue weighted by molar-refractivity contribution is 7.27. The van der Waals surface area contributed by atoms with E-state index in [4.69, 9.17) is 10.2 Å². The summed E-state index contributed by atoms with van der Waals surface area (Å²) in [5, 5.41) is 10.1. The minimum absolute atomic E-state index is 0.0271. The van der Waals surface area contributed by atoms with Crippen LogP contribution in [0.2, 0.25) is 0 Å². The fraction of sp³-hybridized carbons (Fsp3) is 0.676. The summed E-state index contributed by atoms with van der Waals surface area (Å²) in [6.07, 6.45) is 39.7. The summed E-state index contributed by atoms with van der Waals surface area (Å²) in [6, 6.07) is 12.7. The molecule has 7 rings (SSSR count). The van der Waals surface area contributed by atoms with Crippen molar-refractivity contribution in [3.63, 3.8) is 0 Å². The molecular formula is C71H105F2N3OS4. The maximum atomic E-state index is 17.4. The van der Waals surface area contributed by atoms with Gasteiger partial charge in [-0.15, -0.1) is 45.3 Å². The third-order valence-corrected chi connectivity index (χ3v) is 24.8. The third-order valence-electron chi connectivity index (χ3n) is 19.3. The van der Waals surface area contributed by atoms with E-state index >= 15 is 13.6 Å². The van der Waals surface area contributed by atoms with E-state index in [0.29, 0.717) is 39.0 Å². The largest absolute Gasteiger partial charge is 0.293 e. The highest BCUT2D eigenvalue weighted by Crippen LogP contribution is 2.58. The van der Waals surface area contributed by atoms with Crippen molar-refractivity contribution < 1.29 is 13.6 Å². The maximum Gasteiger partial charge on any atom is 0.174 e. The summed E-state index contributed by atoms with van der Waals surface area (Å²) in [6.45, 7) is 23.4. The van der Waals surface area contributed by atoms with E-state index in [1.807, 2.05) is 23.5 Å². The zero-order valence-corrected chi connectivity index (χ0v) is 55.5. The average molecular weight is 1180 g/mol. The highest BCUT2D eigenvalue weighted by atomic mass is 32.1. The fourth-order valence-electron chi connectivity index (χ4n) is 12.8. The van der Waals surface area contributed by atoms with Crippen molar-refractivity contribution in [2.75, 3.05) is 0 Å². The minimum Gasteiger partial charge on any atom is -0.293 e. The molecule has 1 aliphatic carbocycles. The first kappa shape index (κ1) is 65.5. The number of nitrogens with zero attached hydrogens (tertiary/aromatic N) is 3. The first-order valence-electron chi connectivity index (χ1n) is 33.1. The average Bonchev–Trinajstić information content (AvgIpc) is 4.55. The topological polar surface area (TPSA) is 47.8 Å². The van der Waals surface area contributed by atoms with Crippen LogP contribution in [0.15, 0.2) is 36.4 Å². The molecule has 81 heavy (non-hydrogen) atoms. The Bertz CT molecular complexity index is 2830. The molecule has 6 aromatic rings. The Morgan fingerprint density at radius 3 is 1.42 bits per heavy atom. The second-order valence-corrected chi connectivity index (χ2v) is 29.6. The molecule has 0 amide bonds. The number of thiophene rings is 4. The van der Waals surface area contributed by atoms with Crippen molar-refractivity contribution in [2.24, 2.45) is 5.92 Å². The first-order valence-corrected chi connectivity index (χ1v) is 36.3. The van der Waals surface area contributed by atoms with Crippen LogP contribution in [0, 0.1) is 17.6 Å². The van der Waals surface area contributed by atoms with Gasteiger partial charge < -0.3 is 0 Å². The van der Waals surface area contributed by atoms with Crippen LogP contribution in [-0.4, -0.2) is 20.8 Å². The molecule has 1 aromatic carbocycles. The molecule has 0 bridgehead atoms. The molecule has 1 atom stereocenters. The fourth-order valence-corrected chi connectivity index (χ4v) is 18.1. The predicted octanol–water partition coefficient (Wildman–Crippen LogP) is 25.2. The molecule has 1 aliphatic rings. The Balaban J connectivity index is 1.24. The van der Waals surface area contributed by atoms with E-state index in [2.05, 4.69) is 93.5 Å². The zero-order valence-electron chi connectivity index (χ0n) is 52.2. The van der Waals surface area contributed by atoms with Gasteiger partial charge in [-0.25, -0.2) is 8.78 Å². The lowest BCUT2D eigenvalue weighted by molar-refractivity contribution is 0.0855. The van der Waals surface area contributed by atoms with Crippen LogP contribution in [-0.2, 0) is 22.8 Å². The van der Waals surface area contributed by atoms with Crippen LogP contribution >= 0.6 is 45.3 Å². The number of ketones is 1. The van der Waals surface area contributed by atoms with Crippen molar-refractivity contribution in [1.82, 2.24) is 15.0 Å². The molecular weight excluding hydrogens is 1080 g/mol. The lowest BCUT2D eigenvalue weighted by Crippen LogP contribution is -2.38. The van der Waals surface area contributed by atoms with Crippen LogP contribution in [0.4, 0.5) is 8.78 Å². The van der Waals surface area contributed by atoms with Crippen molar-refractivity contribution in [3.8, 4) is 40.4 Å². The van der Waals surface area contributed by atoms with E-state index in [0.717, 1.165) is 84.4 Å². The smallest absolute Gasteiger partial charge is 0.174 e. The van der Waals surface area contributed by atoms with E-state index in [1.54, 1.807) is 27.5 Å². The number of fused-ring (bicyclic) bond motifs is 4. The summed E-state index contributed by atoms with van der Waals surface area (Å²) in [4.78, 5) is 25.9. The van der Waals surface area contributed by atoms with Gasteiger partial charge in [-0.1, -0.05) is 236 Å². The Morgan fingerprint density at radius 2 is 0.926 bits per heavy atom. The molecule has 5 aromatic heterocycles. The summed E-state index contributed by atoms with van der Waals surface area (Å²) in [7, 11) is 0. The number of aromatic nitrogens is 3. The van der Waals surface area contributed by atoms with Crippen molar-refractivity contribution >= 4 is 62.2 Å². The van der Waals surface area contributed by atoms with Crippen LogP contribution in [0.3, 0.4) is 0 Å². The number of benzene rings is 1. The summed E-state index contributed by atoms with van der Waals surface area (Å²) in [5.74, 6) is -1.13. The number of unbranched alkanes of at least 4 members (excludes halogenated alkanes) is 23. The standard InChI is InChI=1S/C71H105F2N3OS4/c1-11-18-21-24-27-29-31-33-36-39-46-71(47-40-37-34-32-30-28-25-22-19-12-2)53-49-59(70(10,16-6)17-7)81-67(53)66-52(68(71)77)48-57(80-66)54-42-43-55(78-54)60-62(72)63(73)61(56-44-45-58(79-56)69(9,14-4)15-5)65-64(60)74-76(75-65)50-51(8)41-38-35-26-23-20-13-3/h42-45,48-49,51H,11-41,46-47,50H2,1-10H3. The molecule has 0 fully saturated rings. The van der Waals surface area contributed by atoms with E-state index in [9.17, 15) is 0 Å². The molecule has 0 saturated heterocycles. The molecule has 4 nitrogen and oxygen atoms in total. The van der Waals surface area contributed by atoms with Crippen LogP contribution in [0.25, 0.3) is 51.4 Å². The van der Waals surface area contributed by atoms with Crippen molar-refractivity contribution in [2.45, 2.75) is 304 Å². The van der Waals surface area contributed by atoms with Gasteiger partial charge in [0.2, 0.25) is 0 Å². The first-order chi connectivity index (χ1) is 39.3. The van der Waals surface area contributed by atoms with Gasteiger partial charge in [-0.3, -0.25) is 4.79 Å². The molecule has 0 spiro atoms. The molecule has 10 heteroatoms. The third kappa shape index (κ3) is 15.9. The number of halogens is 2. The molecule has 1 unspecified atom stereocenters.